The van der Waals surface area contributed by atoms with E-state index < -0.39 is 11.9 Å². The van der Waals surface area contributed by atoms with Crippen LogP contribution in [0.3, 0.4) is 0 Å². The van der Waals surface area contributed by atoms with Gasteiger partial charge in [0.25, 0.3) is 11.8 Å². The van der Waals surface area contributed by atoms with Crippen molar-refractivity contribution in [3.63, 3.8) is 0 Å². The van der Waals surface area contributed by atoms with E-state index in [0.29, 0.717) is 22.8 Å². The van der Waals surface area contributed by atoms with E-state index in [1.54, 1.807) is 30.1 Å². The molecule has 3 N–H and O–H groups in total. The molecule has 0 saturated heterocycles. The van der Waals surface area contributed by atoms with Crippen LogP contribution in [0.1, 0.15) is 83.3 Å². The second-order valence-electron chi connectivity index (χ2n) is 9.24. The van der Waals surface area contributed by atoms with Crippen LogP contribution in [0.25, 0.3) is 0 Å². The average molecular weight is 511 g/mol. The topological polar surface area (TPSA) is 114 Å². The van der Waals surface area contributed by atoms with Crippen molar-refractivity contribution in [3.05, 3.63) is 63.7 Å². The lowest BCUT2D eigenvalue weighted by atomic mass is 9.94. The second-order valence-corrected chi connectivity index (χ2v) is 9.67. The summed E-state index contributed by atoms with van der Waals surface area (Å²) >= 11 is 6.19. The van der Waals surface area contributed by atoms with Crippen molar-refractivity contribution in [1.82, 2.24) is 5.32 Å². The van der Waals surface area contributed by atoms with Gasteiger partial charge in [0, 0.05) is 17.5 Å². The lowest BCUT2D eigenvalue weighted by molar-refractivity contribution is -0.115. The number of nitrogens with one attached hydrogen (secondary N) is 1. The van der Waals surface area contributed by atoms with Gasteiger partial charge in [0.2, 0.25) is 0 Å². The van der Waals surface area contributed by atoms with E-state index in [0.717, 1.165) is 36.8 Å². The lowest BCUT2D eigenvalue weighted by Crippen LogP contribution is -2.39. The van der Waals surface area contributed by atoms with Gasteiger partial charge in [0.15, 0.2) is 0 Å². The van der Waals surface area contributed by atoms with E-state index in [1.165, 1.54) is 12.5 Å². The molecule has 1 aliphatic heterocycles. The third kappa shape index (κ3) is 5.54. The number of ether oxygens (including phenoxy) is 1. The molecular weight excluding hydrogens is 480 g/mol. The Morgan fingerprint density at radius 1 is 1.14 bits per heavy atom. The van der Waals surface area contributed by atoms with Crippen LogP contribution >= 0.6 is 11.6 Å². The maximum atomic E-state index is 13.2. The number of carbonyl (C=O) groups excluding carboxylic acids is 3. The minimum absolute atomic E-state index is 0.120. The van der Waals surface area contributed by atoms with E-state index >= 15 is 0 Å². The van der Waals surface area contributed by atoms with Gasteiger partial charge in [-0.05, 0) is 68.1 Å². The van der Waals surface area contributed by atoms with Gasteiger partial charge >= 0.3 is 5.97 Å². The molecule has 2 aromatic carbocycles. The highest BCUT2D eigenvalue weighted by molar-refractivity contribution is 6.40. The standard InChI is InChI=1S/C27H31ClN4O4/c1-3-36-27(35)17-9-12-23(21(14-17)25(29)33)32-24(20-11-10-18(28)13-16(20)2)15-22(31-32)26(34)30-19-7-5-4-6-8-19/h9-14,19,24H,3-8,15H2,1-2H3,(H2,29,33)(H,30,34). The van der Waals surface area contributed by atoms with E-state index in [9.17, 15) is 14.4 Å². The molecule has 1 heterocycles. The van der Waals surface area contributed by atoms with Crippen LogP contribution in [0.4, 0.5) is 5.69 Å². The lowest BCUT2D eigenvalue weighted by Gasteiger charge is -2.27. The fourth-order valence-corrected chi connectivity index (χ4v) is 5.14. The van der Waals surface area contributed by atoms with Crippen molar-refractivity contribution in [2.75, 3.05) is 11.6 Å². The highest BCUT2D eigenvalue weighted by atomic mass is 35.5. The van der Waals surface area contributed by atoms with Crippen LogP contribution in [-0.4, -0.2) is 36.1 Å². The predicted molar refractivity (Wildman–Crippen MR) is 139 cm³/mol. The number of amides is 2. The number of benzene rings is 2. The highest BCUT2D eigenvalue weighted by Gasteiger charge is 2.35. The molecule has 190 valence electrons. The Hall–Kier alpha value is -3.39. The number of hydrazone groups is 1. The fraction of sp³-hybridized carbons (Fsp3) is 0.407. The molecular formula is C27H31ClN4O4. The number of nitrogens with zero attached hydrogens (tertiary/aromatic N) is 2. The number of esters is 1. The third-order valence-electron chi connectivity index (χ3n) is 6.72. The van der Waals surface area contributed by atoms with Gasteiger partial charge in [-0.15, -0.1) is 0 Å². The molecule has 0 spiro atoms. The molecule has 1 unspecified atom stereocenters. The van der Waals surface area contributed by atoms with Gasteiger partial charge in [-0.25, -0.2) is 4.79 Å². The summed E-state index contributed by atoms with van der Waals surface area (Å²) < 4.78 is 5.07. The van der Waals surface area contributed by atoms with Crippen LogP contribution in [0.5, 0.6) is 0 Å². The largest absolute Gasteiger partial charge is 0.462 e. The fourth-order valence-electron chi connectivity index (χ4n) is 4.91. The Morgan fingerprint density at radius 3 is 2.56 bits per heavy atom. The number of carbonyl (C=O) groups is 3. The minimum atomic E-state index is -0.710. The number of hydrogen-bond acceptors (Lipinski definition) is 6. The van der Waals surface area contributed by atoms with E-state index in [1.807, 2.05) is 19.1 Å². The van der Waals surface area contributed by atoms with E-state index in [-0.39, 0.29) is 35.7 Å². The van der Waals surface area contributed by atoms with Crippen LogP contribution in [0.15, 0.2) is 41.5 Å². The molecule has 1 fully saturated rings. The van der Waals surface area contributed by atoms with Gasteiger partial charge in [0.1, 0.15) is 5.71 Å². The zero-order chi connectivity index (χ0) is 25.8. The normalized spacial score (nSPS) is 18.0. The number of hydrogen-bond donors (Lipinski definition) is 2. The Kier molecular flexibility index (Phi) is 7.94. The second kappa shape index (κ2) is 11.1. The van der Waals surface area contributed by atoms with Crippen molar-refractivity contribution in [2.45, 2.75) is 64.5 Å². The van der Waals surface area contributed by atoms with E-state index in [2.05, 4.69) is 10.4 Å². The van der Waals surface area contributed by atoms with Gasteiger partial charge in [-0.2, -0.15) is 5.10 Å². The molecule has 0 aromatic heterocycles. The first kappa shape index (κ1) is 25.7. The molecule has 1 aliphatic carbocycles. The molecule has 0 radical (unpaired) electrons. The SMILES string of the molecule is CCOC(=O)c1ccc(N2N=C(C(=O)NC3CCCCC3)CC2c2ccc(Cl)cc2C)c(C(N)=O)c1. The number of rotatable bonds is 7. The molecule has 36 heavy (non-hydrogen) atoms. The van der Waals surface area contributed by atoms with Gasteiger partial charge in [-0.3, -0.25) is 14.6 Å². The first-order chi connectivity index (χ1) is 17.3. The highest BCUT2D eigenvalue weighted by Crippen LogP contribution is 2.39. The molecule has 9 heteroatoms. The molecule has 4 rings (SSSR count). The molecule has 2 amide bonds. The monoisotopic (exact) mass is 510 g/mol. The van der Waals surface area contributed by atoms with Gasteiger partial charge in [0.05, 0.1) is 29.5 Å². The Morgan fingerprint density at radius 2 is 1.89 bits per heavy atom. The summed E-state index contributed by atoms with van der Waals surface area (Å²) in [5.41, 5.74) is 8.70. The van der Waals surface area contributed by atoms with Crippen molar-refractivity contribution in [2.24, 2.45) is 10.8 Å². The van der Waals surface area contributed by atoms with Crippen LogP contribution in [0, 0.1) is 6.92 Å². The number of aryl methyl sites for hydroxylation is 1. The minimum Gasteiger partial charge on any atom is -0.462 e. The van der Waals surface area contributed by atoms with Crippen molar-refractivity contribution >= 4 is 40.8 Å². The summed E-state index contributed by atoms with van der Waals surface area (Å²) in [6.45, 7) is 3.86. The number of primary amides is 1. The summed E-state index contributed by atoms with van der Waals surface area (Å²) in [4.78, 5) is 37.9. The Labute approximate surface area is 215 Å². The first-order valence-corrected chi connectivity index (χ1v) is 12.7. The first-order valence-electron chi connectivity index (χ1n) is 12.3. The number of nitrogens with two attached hydrogens (primary N) is 1. The Balaban J connectivity index is 1.73. The summed E-state index contributed by atoms with van der Waals surface area (Å²) in [6, 6.07) is 9.94. The molecule has 1 atom stereocenters. The molecule has 2 aromatic rings. The third-order valence-corrected chi connectivity index (χ3v) is 6.96. The zero-order valence-electron chi connectivity index (χ0n) is 20.6. The van der Waals surface area contributed by atoms with Crippen LogP contribution in [0.2, 0.25) is 5.02 Å². The zero-order valence-corrected chi connectivity index (χ0v) is 21.3. The van der Waals surface area contributed by atoms with Gasteiger partial charge < -0.3 is 15.8 Å². The smallest absolute Gasteiger partial charge is 0.338 e. The Bertz CT molecular complexity index is 1210. The molecule has 1 saturated carbocycles. The summed E-state index contributed by atoms with van der Waals surface area (Å²) in [6.07, 6.45) is 5.67. The summed E-state index contributed by atoms with van der Waals surface area (Å²) in [5, 5.41) is 10.1. The van der Waals surface area contributed by atoms with Gasteiger partial charge in [-0.1, -0.05) is 36.9 Å². The maximum Gasteiger partial charge on any atom is 0.338 e. The summed E-state index contributed by atoms with van der Waals surface area (Å²) in [7, 11) is 0. The van der Waals surface area contributed by atoms with Crippen LogP contribution < -0.4 is 16.1 Å². The van der Waals surface area contributed by atoms with E-state index in [4.69, 9.17) is 22.1 Å². The quantitative estimate of drug-likeness (QED) is 0.525. The van der Waals surface area contributed by atoms with Crippen molar-refractivity contribution in [3.8, 4) is 0 Å². The number of anilines is 1. The molecule has 0 bridgehead atoms. The molecule has 8 nitrogen and oxygen atoms in total. The molecule has 2 aliphatic rings. The summed E-state index contributed by atoms with van der Waals surface area (Å²) in [5.74, 6) is -1.46. The average Bonchev–Trinajstić information content (AvgIpc) is 3.29. The van der Waals surface area contributed by atoms with Crippen molar-refractivity contribution < 1.29 is 19.1 Å². The maximum absolute atomic E-state index is 13.2. The van der Waals surface area contributed by atoms with Crippen molar-refractivity contribution in [1.29, 1.82) is 0 Å². The predicted octanol–water partition coefficient (Wildman–Crippen LogP) is 4.68. The van der Waals surface area contributed by atoms with Crippen LogP contribution in [-0.2, 0) is 9.53 Å². The number of halogens is 1.